The van der Waals surface area contributed by atoms with Gasteiger partial charge in [0.1, 0.15) is 18.0 Å². The number of piperidine rings is 1. The van der Waals surface area contributed by atoms with E-state index in [-0.39, 0.29) is 17.9 Å². The number of aryl methyl sites for hydroxylation is 1. The summed E-state index contributed by atoms with van der Waals surface area (Å²) in [7, 11) is 1.88. The van der Waals surface area contributed by atoms with E-state index < -0.39 is 6.10 Å². The summed E-state index contributed by atoms with van der Waals surface area (Å²) < 4.78 is 3.49. The third kappa shape index (κ3) is 4.01. The minimum Gasteiger partial charge on any atom is -0.383 e. The topological polar surface area (TPSA) is 124 Å². The van der Waals surface area contributed by atoms with Crippen LogP contribution in [0.2, 0.25) is 0 Å². The first-order valence-corrected chi connectivity index (χ1v) is 12.4. The van der Waals surface area contributed by atoms with Gasteiger partial charge in [-0.2, -0.15) is 15.5 Å². The van der Waals surface area contributed by atoms with Gasteiger partial charge in [-0.05, 0) is 24.1 Å². The van der Waals surface area contributed by atoms with Gasteiger partial charge in [0, 0.05) is 78.9 Å². The zero-order chi connectivity index (χ0) is 25.8. The number of nitrogens with one attached hydrogen (secondary N) is 1. The van der Waals surface area contributed by atoms with Gasteiger partial charge in [-0.1, -0.05) is 13.8 Å². The van der Waals surface area contributed by atoms with Crippen LogP contribution in [0.3, 0.4) is 0 Å². The molecule has 10 heteroatoms. The van der Waals surface area contributed by atoms with Crippen LogP contribution in [-0.2, 0) is 11.8 Å². The molecule has 6 rings (SSSR count). The number of carbonyl (C=O) groups is 1. The maximum Gasteiger partial charge on any atom is 0.249 e. The van der Waals surface area contributed by atoms with Crippen LogP contribution < -0.4 is 10.2 Å². The quantitative estimate of drug-likeness (QED) is 0.419. The highest BCUT2D eigenvalue weighted by Gasteiger charge is 2.57. The predicted octanol–water partition coefficient (Wildman–Crippen LogP) is 2.24. The fourth-order valence-electron chi connectivity index (χ4n) is 5.36. The maximum atomic E-state index is 12.2. The largest absolute Gasteiger partial charge is 0.383 e. The number of carbonyl (C=O) groups excluding carboxylic acids is 1. The first kappa shape index (κ1) is 23.2. The fourth-order valence-corrected chi connectivity index (χ4v) is 5.36. The Bertz CT molecular complexity index is 1520. The Morgan fingerprint density at radius 2 is 1.89 bits per heavy atom. The molecule has 4 aromatic heterocycles. The zero-order valence-corrected chi connectivity index (χ0v) is 20.9. The first-order valence-electron chi connectivity index (χ1n) is 12.4. The Morgan fingerprint density at radius 3 is 2.51 bits per heavy atom. The molecule has 0 bridgehead atoms. The molecule has 1 amide bonds. The van der Waals surface area contributed by atoms with E-state index in [1.807, 2.05) is 51.6 Å². The Morgan fingerprint density at radius 1 is 1.11 bits per heavy atom. The second-order valence-electron chi connectivity index (χ2n) is 10.4. The molecule has 2 aliphatic rings. The standard InChI is InChI=1S/C27H28N8O2/c1-15(2)26(36)27(37)32-24-21-13-34(14-22(21)24)23-5-4-16(8-29-23)20-6-17(19-10-30-33(3)11-19)12-35-25(20)18(7-28)9-31-35/h4-6,8-12,15,21-22,24,26,36H,13-14H2,1-3H3,(H,32,37)/t21-,22+,24?,26-/m1/s1. The smallest absolute Gasteiger partial charge is 0.249 e. The summed E-state index contributed by atoms with van der Waals surface area (Å²) in [6.45, 7) is 5.32. The molecule has 5 heterocycles. The van der Waals surface area contributed by atoms with Crippen molar-refractivity contribution in [2.45, 2.75) is 26.0 Å². The van der Waals surface area contributed by atoms with Crippen LogP contribution in [0.5, 0.6) is 0 Å². The second-order valence-corrected chi connectivity index (χ2v) is 10.4. The lowest BCUT2D eigenvalue weighted by atomic mass is 10.0. The number of anilines is 1. The van der Waals surface area contributed by atoms with Gasteiger partial charge in [0.2, 0.25) is 5.91 Å². The molecule has 188 valence electrons. The Kier molecular flexibility index (Phi) is 5.46. The second kappa shape index (κ2) is 8.71. The normalized spacial score (nSPS) is 21.2. The van der Waals surface area contributed by atoms with Gasteiger partial charge < -0.3 is 15.3 Å². The summed E-state index contributed by atoms with van der Waals surface area (Å²) >= 11 is 0. The number of amides is 1. The third-order valence-corrected chi connectivity index (χ3v) is 7.56. The van der Waals surface area contributed by atoms with Gasteiger partial charge in [-0.3, -0.25) is 9.48 Å². The minimum absolute atomic E-state index is 0.101. The van der Waals surface area contributed by atoms with Crippen molar-refractivity contribution in [1.82, 2.24) is 29.7 Å². The van der Waals surface area contributed by atoms with E-state index in [0.717, 1.165) is 46.7 Å². The van der Waals surface area contributed by atoms with Crippen molar-refractivity contribution in [3.63, 3.8) is 0 Å². The van der Waals surface area contributed by atoms with Crippen LogP contribution in [0.25, 0.3) is 27.8 Å². The van der Waals surface area contributed by atoms with Gasteiger partial charge in [-0.15, -0.1) is 0 Å². The molecule has 1 unspecified atom stereocenters. The van der Waals surface area contributed by atoms with Crippen molar-refractivity contribution in [3.05, 3.63) is 54.7 Å². The van der Waals surface area contributed by atoms with E-state index >= 15 is 0 Å². The molecule has 1 saturated carbocycles. The van der Waals surface area contributed by atoms with E-state index in [1.54, 1.807) is 21.6 Å². The molecular formula is C27H28N8O2. The van der Waals surface area contributed by atoms with Crippen LogP contribution in [0.1, 0.15) is 19.4 Å². The van der Waals surface area contributed by atoms with E-state index in [9.17, 15) is 15.2 Å². The SMILES string of the molecule is CC(C)[C@@H](O)C(=O)NC1[C@H]2CN(c3ccc(-c4cc(-c5cnn(C)c5)cn5ncc(C#N)c45)cn3)C[C@@H]12. The molecule has 0 spiro atoms. The highest BCUT2D eigenvalue weighted by molar-refractivity contribution is 5.87. The number of aromatic nitrogens is 5. The van der Waals surface area contributed by atoms with Crippen molar-refractivity contribution >= 4 is 17.2 Å². The molecule has 1 saturated heterocycles. The van der Waals surface area contributed by atoms with Gasteiger partial charge >= 0.3 is 0 Å². The molecule has 4 aromatic rings. The molecule has 10 nitrogen and oxygen atoms in total. The number of hydrogen-bond donors (Lipinski definition) is 2. The number of pyridine rings is 2. The van der Waals surface area contributed by atoms with Crippen LogP contribution in [0, 0.1) is 29.1 Å². The van der Waals surface area contributed by atoms with Crippen molar-refractivity contribution in [1.29, 1.82) is 5.26 Å². The molecule has 0 aromatic carbocycles. The summed E-state index contributed by atoms with van der Waals surface area (Å²) in [4.78, 5) is 19.2. The molecule has 1 aliphatic heterocycles. The molecule has 2 fully saturated rings. The lowest BCUT2D eigenvalue weighted by Crippen LogP contribution is -2.42. The average Bonchev–Trinajstić information content (AvgIpc) is 3.36. The average molecular weight is 497 g/mol. The van der Waals surface area contributed by atoms with Crippen LogP contribution in [0.4, 0.5) is 5.82 Å². The molecule has 37 heavy (non-hydrogen) atoms. The van der Waals surface area contributed by atoms with Crippen LogP contribution in [-0.4, -0.2) is 60.6 Å². The number of rotatable bonds is 6. The highest BCUT2D eigenvalue weighted by Crippen LogP contribution is 2.46. The minimum atomic E-state index is -0.966. The van der Waals surface area contributed by atoms with Gasteiger partial charge in [0.25, 0.3) is 0 Å². The maximum absolute atomic E-state index is 12.2. The van der Waals surface area contributed by atoms with Gasteiger partial charge in [0.05, 0.1) is 23.5 Å². The number of hydrogen-bond acceptors (Lipinski definition) is 7. The van der Waals surface area contributed by atoms with Gasteiger partial charge in [0.15, 0.2) is 0 Å². The van der Waals surface area contributed by atoms with E-state index in [0.29, 0.717) is 17.4 Å². The zero-order valence-electron chi connectivity index (χ0n) is 20.9. The van der Waals surface area contributed by atoms with Crippen molar-refractivity contribution < 1.29 is 9.90 Å². The first-order chi connectivity index (χ1) is 17.8. The summed E-state index contributed by atoms with van der Waals surface area (Å²) in [6.07, 6.45) is 8.11. The van der Waals surface area contributed by atoms with E-state index in [2.05, 4.69) is 32.5 Å². The lowest BCUT2D eigenvalue weighted by Gasteiger charge is -2.22. The third-order valence-electron chi connectivity index (χ3n) is 7.56. The summed E-state index contributed by atoms with van der Waals surface area (Å²) in [5.74, 6) is 1.27. The Balaban J connectivity index is 1.22. The summed E-state index contributed by atoms with van der Waals surface area (Å²) in [5.41, 5.74) is 4.94. The van der Waals surface area contributed by atoms with Crippen LogP contribution in [0.15, 0.2) is 49.2 Å². The Labute approximate surface area is 214 Å². The van der Waals surface area contributed by atoms with Crippen molar-refractivity contribution in [2.24, 2.45) is 24.8 Å². The molecular weight excluding hydrogens is 468 g/mol. The fraction of sp³-hybridized carbons (Fsp3) is 0.370. The number of aliphatic hydroxyl groups excluding tert-OH is 1. The van der Waals surface area contributed by atoms with Gasteiger partial charge in [-0.25, -0.2) is 9.50 Å². The van der Waals surface area contributed by atoms with E-state index in [4.69, 9.17) is 4.98 Å². The number of aliphatic hydroxyl groups is 1. The molecule has 0 radical (unpaired) electrons. The summed E-state index contributed by atoms with van der Waals surface area (Å²) in [5, 5.41) is 31.3. The number of nitriles is 1. The predicted molar refractivity (Wildman–Crippen MR) is 137 cm³/mol. The van der Waals surface area contributed by atoms with Crippen LogP contribution >= 0.6 is 0 Å². The summed E-state index contributed by atoms with van der Waals surface area (Å²) in [6, 6.07) is 8.46. The molecule has 4 atom stereocenters. The lowest BCUT2D eigenvalue weighted by molar-refractivity contribution is -0.131. The van der Waals surface area contributed by atoms with E-state index in [1.165, 1.54) is 0 Å². The monoisotopic (exact) mass is 496 g/mol. The highest BCUT2D eigenvalue weighted by atomic mass is 16.3. The number of nitrogens with zero attached hydrogens (tertiary/aromatic N) is 7. The van der Waals surface area contributed by atoms with Crippen molar-refractivity contribution in [2.75, 3.05) is 18.0 Å². The molecule has 1 aliphatic carbocycles. The number of fused-ring (bicyclic) bond motifs is 2. The Hall–Kier alpha value is -4.23. The van der Waals surface area contributed by atoms with Crippen molar-refractivity contribution in [3.8, 4) is 28.3 Å². The molecule has 2 N–H and O–H groups in total.